The Morgan fingerprint density at radius 1 is 1.30 bits per heavy atom. The summed E-state index contributed by atoms with van der Waals surface area (Å²) in [5, 5.41) is 6.13. The summed E-state index contributed by atoms with van der Waals surface area (Å²) in [6.07, 6.45) is 3.73. The van der Waals surface area contributed by atoms with E-state index in [-0.39, 0.29) is 42.2 Å². The lowest BCUT2D eigenvalue weighted by molar-refractivity contribution is -0.132. The summed E-state index contributed by atoms with van der Waals surface area (Å²) in [7, 11) is -1.63. The van der Waals surface area contributed by atoms with Crippen molar-refractivity contribution in [3.63, 3.8) is 0 Å². The van der Waals surface area contributed by atoms with Gasteiger partial charge in [0.25, 0.3) is 0 Å². The van der Waals surface area contributed by atoms with Crippen molar-refractivity contribution in [2.24, 2.45) is 10.9 Å². The van der Waals surface area contributed by atoms with Gasteiger partial charge >= 0.3 is 0 Å². The molecule has 1 aromatic carbocycles. The average molecular weight is 554 g/mol. The van der Waals surface area contributed by atoms with Crippen molar-refractivity contribution in [3.8, 4) is 0 Å². The molecule has 1 amide bonds. The SMILES string of the molecule is CN=C(NCCC(=O)N1CCCC(C)C1)NCc1cc(F)ccc1CS(C)(=O)=O.I. The van der Waals surface area contributed by atoms with Gasteiger partial charge in [0.05, 0.1) is 5.75 Å². The number of nitrogens with zero attached hydrogens (tertiary/aromatic N) is 2. The molecule has 0 saturated carbocycles. The Hall–Kier alpha value is -1.43. The average Bonchev–Trinajstić information content (AvgIpc) is 2.65. The summed E-state index contributed by atoms with van der Waals surface area (Å²) >= 11 is 0. The molecule has 0 aliphatic carbocycles. The number of likely N-dealkylation sites (tertiary alicyclic amines) is 1. The lowest BCUT2D eigenvalue weighted by Crippen LogP contribution is -2.42. The lowest BCUT2D eigenvalue weighted by atomic mass is 10.00. The van der Waals surface area contributed by atoms with Crippen LogP contribution in [0.1, 0.15) is 37.3 Å². The van der Waals surface area contributed by atoms with Gasteiger partial charge in [0.15, 0.2) is 15.8 Å². The number of halogens is 2. The van der Waals surface area contributed by atoms with Crippen LogP contribution in [0.15, 0.2) is 23.2 Å². The molecule has 1 unspecified atom stereocenters. The van der Waals surface area contributed by atoms with E-state index in [1.165, 1.54) is 24.6 Å². The molecule has 1 fully saturated rings. The van der Waals surface area contributed by atoms with E-state index in [1.807, 2.05) is 4.90 Å². The van der Waals surface area contributed by atoms with Gasteiger partial charge in [-0.1, -0.05) is 13.0 Å². The van der Waals surface area contributed by atoms with Gasteiger partial charge in [0.2, 0.25) is 5.91 Å². The molecule has 7 nitrogen and oxygen atoms in total. The molecule has 1 aliphatic heterocycles. The summed E-state index contributed by atoms with van der Waals surface area (Å²) in [6, 6.07) is 4.06. The van der Waals surface area contributed by atoms with Gasteiger partial charge in [-0.25, -0.2) is 12.8 Å². The molecule has 170 valence electrons. The van der Waals surface area contributed by atoms with Crippen LogP contribution in [0.4, 0.5) is 4.39 Å². The second-order valence-electron chi connectivity index (χ2n) is 7.67. The third-order valence-corrected chi connectivity index (χ3v) is 5.73. The molecule has 1 aliphatic rings. The number of aliphatic imine (C=N–C) groups is 1. The molecule has 2 rings (SSSR count). The minimum absolute atomic E-state index is 0. The van der Waals surface area contributed by atoms with E-state index in [2.05, 4.69) is 22.5 Å². The van der Waals surface area contributed by atoms with Crippen LogP contribution in [0.3, 0.4) is 0 Å². The first-order valence-corrected chi connectivity index (χ1v) is 11.9. The van der Waals surface area contributed by atoms with Crippen molar-refractivity contribution in [2.75, 3.05) is 32.9 Å². The highest BCUT2D eigenvalue weighted by atomic mass is 127. The third-order valence-electron chi connectivity index (χ3n) is 4.90. The highest BCUT2D eigenvalue weighted by Gasteiger charge is 2.20. The number of nitrogens with one attached hydrogen (secondary N) is 2. The van der Waals surface area contributed by atoms with Crippen LogP contribution in [0.2, 0.25) is 0 Å². The maximum absolute atomic E-state index is 13.6. The predicted octanol–water partition coefficient (Wildman–Crippen LogP) is 2.30. The number of rotatable bonds is 7. The molecule has 1 saturated heterocycles. The molecule has 1 aromatic rings. The quantitative estimate of drug-likeness (QED) is 0.307. The van der Waals surface area contributed by atoms with Gasteiger partial charge in [0, 0.05) is 45.9 Å². The number of piperidine rings is 1. The van der Waals surface area contributed by atoms with Crippen molar-refractivity contribution in [3.05, 3.63) is 35.1 Å². The number of carbonyl (C=O) groups excluding carboxylic acids is 1. The molecule has 1 atom stereocenters. The first-order chi connectivity index (χ1) is 13.7. The fourth-order valence-corrected chi connectivity index (χ4v) is 4.29. The number of benzene rings is 1. The summed E-state index contributed by atoms with van der Waals surface area (Å²) in [5.41, 5.74) is 1.10. The zero-order valence-corrected chi connectivity index (χ0v) is 20.9. The standard InChI is InChI=1S/C20H31FN4O3S.HI/c1-15-5-4-10-25(13-15)19(26)8-9-23-20(22-2)24-12-17-11-18(21)7-6-16(17)14-29(3,27)28;/h6-7,11,15H,4-5,8-10,12-14H2,1-3H3,(H2,22,23,24);1H. The van der Waals surface area contributed by atoms with Gasteiger partial charge in [-0.15, -0.1) is 24.0 Å². The van der Waals surface area contributed by atoms with Gasteiger partial charge in [-0.2, -0.15) is 0 Å². The molecular weight excluding hydrogens is 522 g/mol. The number of hydrogen-bond donors (Lipinski definition) is 2. The number of amides is 1. The second kappa shape index (κ2) is 12.4. The van der Waals surface area contributed by atoms with Crippen LogP contribution >= 0.6 is 24.0 Å². The van der Waals surface area contributed by atoms with E-state index in [1.54, 1.807) is 7.05 Å². The van der Waals surface area contributed by atoms with Crippen molar-refractivity contribution in [2.45, 2.75) is 38.5 Å². The predicted molar refractivity (Wildman–Crippen MR) is 128 cm³/mol. The Labute approximate surface area is 195 Å². The smallest absolute Gasteiger partial charge is 0.224 e. The monoisotopic (exact) mass is 554 g/mol. The topological polar surface area (TPSA) is 90.9 Å². The molecule has 0 bridgehead atoms. The largest absolute Gasteiger partial charge is 0.356 e. The molecule has 30 heavy (non-hydrogen) atoms. The first kappa shape index (κ1) is 26.6. The van der Waals surface area contributed by atoms with Crippen LogP contribution < -0.4 is 10.6 Å². The third kappa shape index (κ3) is 9.15. The van der Waals surface area contributed by atoms with Gasteiger partial charge in [0.1, 0.15) is 5.82 Å². The lowest BCUT2D eigenvalue weighted by Gasteiger charge is -2.31. The fourth-order valence-electron chi connectivity index (χ4n) is 3.44. The van der Waals surface area contributed by atoms with E-state index in [0.717, 1.165) is 25.8 Å². The first-order valence-electron chi connectivity index (χ1n) is 9.85. The Morgan fingerprint density at radius 3 is 2.67 bits per heavy atom. The number of hydrogen-bond acceptors (Lipinski definition) is 4. The number of guanidine groups is 1. The van der Waals surface area contributed by atoms with E-state index in [0.29, 0.717) is 36.0 Å². The van der Waals surface area contributed by atoms with E-state index < -0.39 is 15.7 Å². The van der Waals surface area contributed by atoms with Gasteiger partial charge in [-0.05, 0) is 42.0 Å². The van der Waals surface area contributed by atoms with E-state index in [9.17, 15) is 17.6 Å². The van der Waals surface area contributed by atoms with Crippen LogP contribution in [-0.4, -0.2) is 58.1 Å². The van der Waals surface area contributed by atoms with Gasteiger partial charge < -0.3 is 15.5 Å². The van der Waals surface area contributed by atoms with Crippen LogP contribution in [0.25, 0.3) is 0 Å². The highest BCUT2D eigenvalue weighted by Crippen LogP contribution is 2.16. The van der Waals surface area contributed by atoms with Crippen LogP contribution in [0, 0.1) is 11.7 Å². The van der Waals surface area contributed by atoms with Gasteiger partial charge in [-0.3, -0.25) is 9.79 Å². The Bertz CT molecular complexity index is 848. The normalized spacial score (nSPS) is 17.3. The summed E-state index contributed by atoms with van der Waals surface area (Å²) in [4.78, 5) is 18.4. The summed E-state index contributed by atoms with van der Waals surface area (Å²) < 4.78 is 36.8. The van der Waals surface area contributed by atoms with Crippen LogP contribution in [-0.2, 0) is 26.9 Å². The second-order valence-corrected chi connectivity index (χ2v) is 9.81. The molecule has 0 radical (unpaired) electrons. The summed E-state index contributed by atoms with van der Waals surface area (Å²) in [6.45, 7) is 4.45. The Kier molecular flexibility index (Phi) is 11.0. The molecule has 1 heterocycles. The summed E-state index contributed by atoms with van der Waals surface area (Å²) in [5.74, 6) is 0.560. The maximum Gasteiger partial charge on any atom is 0.224 e. The zero-order valence-electron chi connectivity index (χ0n) is 17.8. The van der Waals surface area contributed by atoms with Crippen molar-refractivity contribution in [1.82, 2.24) is 15.5 Å². The van der Waals surface area contributed by atoms with E-state index in [4.69, 9.17) is 0 Å². The Balaban J connectivity index is 0.00000450. The fraction of sp³-hybridized carbons (Fsp3) is 0.600. The Morgan fingerprint density at radius 2 is 2.03 bits per heavy atom. The molecular formula is C20H32FIN4O3S. The zero-order chi connectivity index (χ0) is 21.4. The molecule has 10 heteroatoms. The molecule has 2 N–H and O–H groups in total. The number of carbonyl (C=O) groups is 1. The minimum Gasteiger partial charge on any atom is -0.356 e. The number of sulfone groups is 1. The molecule has 0 aromatic heterocycles. The minimum atomic E-state index is -3.23. The molecule has 0 spiro atoms. The van der Waals surface area contributed by atoms with Crippen molar-refractivity contribution < 1.29 is 17.6 Å². The van der Waals surface area contributed by atoms with E-state index >= 15 is 0 Å². The van der Waals surface area contributed by atoms with Crippen LogP contribution in [0.5, 0.6) is 0 Å². The highest BCUT2D eigenvalue weighted by molar-refractivity contribution is 14.0. The maximum atomic E-state index is 13.6. The van der Waals surface area contributed by atoms with Crippen molar-refractivity contribution in [1.29, 1.82) is 0 Å². The van der Waals surface area contributed by atoms with Crippen molar-refractivity contribution >= 4 is 45.7 Å².